The fraction of sp³-hybridized carbons (Fsp3) is 0.182. The number of aliphatic hydroxyl groups excluding tert-OH is 1. The van der Waals surface area contributed by atoms with E-state index in [2.05, 4.69) is 10.3 Å². The van der Waals surface area contributed by atoms with Crippen LogP contribution in [0.1, 0.15) is 10.8 Å². The fourth-order valence-corrected chi connectivity index (χ4v) is 3.74. The molecule has 0 aliphatic carbocycles. The monoisotopic (exact) mass is 393 g/mol. The Labute approximate surface area is 169 Å². The highest BCUT2D eigenvalue weighted by atomic mass is 32.2. The zero-order valence-corrected chi connectivity index (χ0v) is 16.5. The lowest BCUT2D eigenvalue weighted by atomic mass is 10.1. The van der Waals surface area contributed by atoms with Crippen LogP contribution in [-0.4, -0.2) is 36.2 Å². The van der Waals surface area contributed by atoms with Crippen molar-refractivity contribution in [2.75, 3.05) is 30.4 Å². The summed E-state index contributed by atoms with van der Waals surface area (Å²) in [6, 6.07) is 23.3. The van der Waals surface area contributed by atoms with Crippen LogP contribution >= 0.6 is 11.8 Å². The standard InChI is InChI=1S/C22H23N3O2S/c1-25(14-15-26)18-12-13-20(23-16-18)24-22(27)21(17-8-4-2-5-9-17)28-19-10-6-3-7-11-19/h2-13,16,21,26H,14-15H2,1H3,(H,23,24,27)/t21-/m0/s1. The number of nitrogens with one attached hydrogen (secondary N) is 1. The molecule has 0 fully saturated rings. The SMILES string of the molecule is CN(CCO)c1ccc(NC(=O)[C@@H](Sc2ccccc2)c2ccccc2)nc1. The Balaban J connectivity index is 1.76. The number of carbonyl (C=O) groups is 1. The number of aliphatic hydroxyl groups is 1. The molecule has 5 nitrogen and oxygen atoms in total. The first-order chi connectivity index (χ1) is 13.7. The van der Waals surface area contributed by atoms with E-state index >= 15 is 0 Å². The number of carbonyl (C=O) groups excluding carboxylic acids is 1. The van der Waals surface area contributed by atoms with Gasteiger partial charge in [0.2, 0.25) is 5.91 Å². The summed E-state index contributed by atoms with van der Waals surface area (Å²) in [5, 5.41) is 11.6. The third kappa shape index (κ3) is 5.34. The summed E-state index contributed by atoms with van der Waals surface area (Å²) >= 11 is 1.51. The lowest BCUT2D eigenvalue weighted by Crippen LogP contribution is -2.22. The largest absolute Gasteiger partial charge is 0.395 e. The minimum atomic E-state index is -0.387. The maximum Gasteiger partial charge on any atom is 0.243 e. The summed E-state index contributed by atoms with van der Waals surface area (Å²) in [4.78, 5) is 20.3. The van der Waals surface area contributed by atoms with Crippen molar-refractivity contribution in [1.82, 2.24) is 4.98 Å². The predicted octanol–water partition coefficient (Wildman–Crippen LogP) is 3.98. The molecule has 0 aliphatic rings. The molecule has 144 valence electrons. The topological polar surface area (TPSA) is 65.5 Å². The van der Waals surface area contributed by atoms with Gasteiger partial charge < -0.3 is 15.3 Å². The Bertz CT molecular complexity index is 873. The van der Waals surface area contributed by atoms with Gasteiger partial charge in [0.25, 0.3) is 0 Å². The zero-order chi connectivity index (χ0) is 19.8. The molecule has 28 heavy (non-hydrogen) atoms. The van der Waals surface area contributed by atoms with Crippen LogP contribution in [0.5, 0.6) is 0 Å². The average molecular weight is 394 g/mol. The van der Waals surface area contributed by atoms with E-state index in [4.69, 9.17) is 5.11 Å². The average Bonchev–Trinajstić information content (AvgIpc) is 2.74. The number of likely N-dealkylation sites (N-methyl/N-ethyl adjacent to an activating group) is 1. The van der Waals surface area contributed by atoms with Crippen LogP contribution in [0.2, 0.25) is 0 Å². The van der Waals surface area contributed by atoms with Gasteiger partial charge in [0.15, 0.2) is 0 Å². The highest BCUT2D eigenvalue weighted by Gasteiger charge is 2.22. The minimum Gasteiger partial charge on any atom is -0.395 e. The van der Waals surface area contributed by atoms with E-state index in [1.54, 1.807) is 12.3 Å². The number of amides is 1. The van der Waals surface area contributed by atoms with Gasteiger partial charge in [-0.2, -0.15) is 0 Å². The number of thioether (sulfide) groups is 1. The van der Waals surface area contributed by atoms with E-state index in [-0.39, 0.29) is 17.8 Å². The third-order valence-electron chi connectivity index (χ3n) is 4.21. The molecule has 2 N–H and O–H groups in total. The minimum absolute atomic E-state index is 0.0739. The van der Waals surface area contributed by atoms with Crippen molar-refractivity contribution in [3.8, 4) is 0 Å². The number of hydrogen-bond donors (Lipinski definition) is 2. The van der Waals surface area contributed by atoms with Crippen molar-refractivity contribution in [2.45, 2.75) is 10.1 Å². The van der Waals surface area contributed by atoms with E-state index in [1.165, 1.54) is 11.8 Å². The molecule has 0 bridgehead atoms. The molecule has 1 aromatic heterocycles. The Morgan fingerprint density at radius 1 is 1.07 bits per heavy atom. The van der Waals surface area contributed by atoms with Gasteiger partial charge >= 0.3 is 0 Å². The number of rotatable bonds is 8. The van der Waals surface area contributed by atoms with Crippen molar-refractivity contribution in [3.05, 3.63) is 84.6 Å². The molecule has 1 amide bonds. The molecule has 0 radical (unpaired) electrons. The molecule has 6 heteroatoms. The van der Waals surface area contributed by atoms with Crippen LogP contribution in [0, 0.1) is 0 Å². The highest BCUT2D eigenvalue weighted by Crippen LogP contribution is 2.36. The van der Waals surface area contributed by atoms with E-state index in [0.29, 0.717) is 12.4 Å². The summed E-state index contributed by atoms with van der Waals surface area (Å²) in [5.74, 6) is 0.379. The molecule has 3 rings (SSSR count). The number of aromatic nitrogens is 1. The van der Waals surface area contributed by atoms with Crippen molar-refractivity contribution in [3.63, 3.8) is 0 Å². The van der Waals surface area contributed by atoms with E-state index in [9.17, 15) is 4.79 Å². The van der Waals surface area contributed by atoms with Gasteiger partial charge in [-0.05, 0) is 29.8 Å². The van der Waals surface area contributed by atoms with Gasteiger partial charge in [0.05, 0.1) is 18.5 Å². The Morgan fingerprint density at radius 2 is 1.75 bits per heavy atom. The summed E-state index contributed by atoms with van der Waals surface area (Å²) in [5.41, 5.74) is 1.82. The number of hydrogen-bond acceptors (Lipinski definition) is 5. The van der Waals surface area contributed by atoms with Crippen molar-refractivity contribution >= 4 is 29.2 Å². The Kier molecular flexibility index (Phi) is 7.06. The van der Waals surface area contributed by atoms with Crippen LogP contribution in [0.3, 0.4) is 0 Å². The van der Waals surface area contributed by atoms with Gasteiger partial charge in [-0.1, -0.05) is 48.5 Å². The van der Waals surface area contributed by atoms with Crippen molar-refractivity contribution < 1.29 is 9.90 Å². The highest BCUT2D eigenvalue weighted by molar-refractivity contribution is 8.00. The lowest BCUT2D eigenvalue weighted by molar-refractivity contribution is -0.115. The lowest BCUT2D eigenvalue weighted by Gasteiger charge is -2.19. The fourth-order valence-electron chi connectivity index (χ4n) is 2.69. The van der Waals surface area contributed by atoms with Crippen LogP contribution in [0.25, 0.3) is 0 Å². The number of pyridine rings is 1. The van der Waals surface area contributed by atoms with Gasteiger partial charge in [-0.15, -0.1) is 11.8 Å². The maximum absolute atomic E-state index is 13.0. The Morgan fingerprint density at radius 3 is 2.36 bits per heavy atom. The summed E-state index contributed by atoms with van der Waals surface area (Å²) in [6.45, 7) is 0.599. The first kappa shape index (κ1) is 19.9. The first-order valence-corrected chi connectivity index (χ1v) is 9.91. The quantitative estimate of drug-likeness (QED) is 0.567. The summed E-state index contributed by atoms with van der Waals surface area (Å²) < 4.78 is 0. The number of benzene rings is 2. The Hall–Kier alpha value is -2.83. The zero-order valence-electron chi connectivity index (χ0n) is 15.7. The van der Waals surface area contributed by atoms with E-state index in [0.717, 1.165) is 16.1 Å². The molecule has 0 saturated carbocycles. The van der Waals surface area contributed by atoms with Gasteiger partial charge in [-0.3, -0.25) is 4.79 Å². The van der Waals surface area contributed by atoms with Crippen LogP contribution in [0.4, 0.5) is 11.5 Å². The molecule has 0 aliphatic heterocycles. The molecule has 0 saturated heterocycles. The molecular formula is C22H23N3O2S. The van der Waals surface area contributed by atoms with Crippen LogP contribution in [-0.2, 0) is 4.79 Å². The summed E-state index contributed by atoms with van der Waals surface area (Å²) in [7, 11) is 1.88. The molecule has 0 unspecified atom stereocenters. The first-order valence-electron chi connectivity index (χ1n) is 9.03. The third-order valence-corrected chi connectivity index (χ3v) is 5.48. The smallest absolute Gasteiger partial charge is 0.243 e. The second-order valence-electron chi connectivity index (χ2n) is 6.26. The molecule has 1 heterocycles. The second kappa shape index (κ2) is 9.92. The van der Waals surface area contributed by atoms with E-state index < -0.39 is 0 Å². The molecule has 0 spiro atoms. The van der Waals surface area contributed by atoms with Gasteiger partial charge in [-0.25, -0.2) is 4.98 Å². The number of anilines is 2. The maximum atomic E-state index is 13.0. The predicted molar refractivity (Wildman–Crippen MR) is 115 cm³/mol. The van der Waals surface area contributed by atoms with Gasteiger partial charge in [0.1, 0.15) is 11.1 Å². The van der Waals surface area contributed by atoms with E-state index in [1.807, 2.05) is 78.7 Å². The molecular weight excluding hydrogens is 370 g/mol. The number of nitrogens with zero attached hydrogens (tertiary/aromatic N) is 2. The molecule has 2 aromatic carbocycles. The summed E-state index contributed by atoms with van der Waals surface area (Å²) in [6.07, 6.45) is 1.69. The van der Waals surface area contributed by atoms with Crippen molar-refractivity contribution in [1.29, 1.82) is 0 Å². The van der Waals surface area contributed by atoms with Crippen molar-refractivity contribution in [2.24, 2.45) is 0 Å². The molecule has 1 atom stereocenters. The second-order valence-corrected chi connectivity index (χ2v) is 7.44. The van der Waals surface area contributed by atoms with Crippen LogP contribution in [0.15, 0.2) is 83.9 Å². The van der Waals surface area contributed by atoms with Gasteiger partial charge in [0, 0.05) is 18.5 Å². The normalized spacial score (nSPS) is 11.6. The molecule has 3 aromatic rings. The van der Waals surface area contributed by atoms with Crippen LogP contribution < -0.4 is 10.2 Å².